The monoisotopic (exact) mass is 358 g/mol. The van der Waals surface area contributed by atoms with E-state index in [1.807, 2.05) is 0 Å². The largest absolute Gasteiger partial charge is 0.469 e. The Kier molecular flexibility index (Phi) is 5.85. The van der Waals surface area contributed by atoms with Gasteiger partial charge in [-0.3, -0.25) is 14.4 Å². The number of esters is 1. The minimum atomic E-state index is -0.855. The van der Waals surface area contributed by atoms with Gasteiger partial charge in [0.2, 0.25) is 11.8 Å². The Morgan fingerprint density at radius 3 is 2.74 bits per heavy atom. The average Bonchev–Trinajstić information content (AvgIpc) is 2.52. The highest BCUT2D eigenvalue weighted by molar-refractivity contribution is 6.42. The molecule has 1 aromatic carbocycles. The van der Waals surface area contributed by atoms with Crippen molar-refractivity contribution in [3.8, 4) is 0 Å². The minimum Gasteiger partial charge on any atom is -0.469 e. The summed E-state index contributed by atoms with van der Waals surface area (Å²) < 4.78 is 4.59. The van der Waals surface area contributed by atoms with Crippen LogP contribution in [-0.2, 0) is 25.5 Å². The summed E-state index contributed by atoms with van der Waals surface area (Å²) >= 11 is 11.8. The molecule has 1 aliphatic rings. The third-order valence-electron chi connectivity index (χ3n) is 3.58. The fourth-order valence-electron chi connectivity index (χ4n) is 2.38. The second kappa shape index (κ2) is 7.66. The SMILES string of the molecule is COC(=O)C[C@@H]1C(=O)NCCN1C(=O)Cc1ccc(Cl)c(Cl)c1. The number of nitrogens with zero attached hydrogens (tertiary/aromatic N) is 1. The van der Waals surface area contributed by atoms with Crippen LogP contribution in [0.1, 0.15) is 12.0 Å². The number of benzene rings is 1. The molecule has 0 aromatic heterocycles. The second-order valence-electron chi connectivity index (χ2n) is 5.10. The maximum Gasteiger partial charge on any atom is 0.308 e. The molecule has 124 valence electrons. The number of amides is 2. The Hall–Kier alpha value is -1.79. The number of rotatable bonds is 4. The van der Waals surface area contributed by atoms with Crippen LogP contribution >= 0.6 is 23.2 Å². The Morgan fingerprint density at radius 1 is 1.35 bits per heavy atom. The van der Waals surface area contributed by atoms with E-state index in [-0.39, 0.29) is 24.7 Å². The quantitative estimate of drug-likeness (QED) is 0.826. The molecule has 1 N–H and O–H groups in total. The van der Waals surface area contributed by atoms with Gasteiger partial charge in [0.25, 0.3) is 0 Å². The Balaban J connectivity index is 2.12. The molecule has 0 saturated carbocycles. The summed E-state index contributed by atoms with van der Waals surface area (Å²) in [7, 11) is 1.24. The topological polar surface area (TPSA) is 75.7 Å². The highest BCUT2D eigenvalue weighted by atomic mass is 35.5. The zero-order valence-corrected chi connectivity index (χ0v) is 14.0. The van der Waals surface area contributed by atoms with Crippen LogP contribution in [0.2, 0.25) is 10.0 Å². The Bertz CT molecular complexity index is 636. The van der Waals surface area contributed by atoms with Crippen molar-refractivity contribution in [1.82, 2.24) is 10.2 Å². The summed E-state index contributed by atoms with van der Waals surface area (Å²) in [6.07, 6.45) is -0.0999. The first-order valence-corrected chi connectivity index (χ1v) is 7.76. The number of carbonyl (C=O) groups excluding carboxylic acids is 3. The second-order valence-corrected chi connectivity index (χ2v) is 5.91. The molecule has 1 aromatic rings. The van der Waals surface area contributed by atoms with Gasteiger partial charge in [0.05, 0.1) is 30.0 Å². The van der Waals surface area contributed by atoms with E-state index in [0.717, 1.165) is 0 Å². The lowest BCUT2D eigenvalue weighted by molar-refractivity contribution is -0.150. The molecule has 23 heavy (non-hydrogen) atoms. The van der Waals surface area contributed by atoms with Crippen molar-refractivity contribution in [2.24, 2.45) is 0 Å². The number of nitrogens with one attached hydrogen (secondary N) is 1. The van der Waals surface area contributed by atoms with Crippen molar-refractivity contribution in [3.63, 3.8) is 0 Å². The van der Waals surface area contributed by atoms with Gasteiger partial charge in [-0.2, -0.15) is 0 Å². The van der Waals surface area contributed by atoms with E-state index < -0.39 is 12.0 Å². The number of methoxy groups -OCH3 is 1. The molecule has 2 rings (SSSR count). The van der Waals surface area contributed by atoms with E-state index in [9.17, 15) is 14.4 Å². The summed E-state index contributed by atoms with van der Waals surface area (Å²) in [5.74, 6) is -1.16. The molecule has 1 atom stereocenters. The van der Waals surface area contributed by atoms with E-state index in [1.165, 1.54) is 12.0 Å². The van der Waals surface area contributed by atoms with E-state index in [4.69, 9.17) is 23.2 Å². The van der Waals surface area contributed by atoms with Gasteiger partial charge < -0.3 is 15.0 Å². The van der Waals surface area contributed by atoms with Gasteiger partial charge >= 0.3 is 5.97 Å². The van der Waals surface area contributed by atoms with Gasteiger partial charge in [-0.15, -0.1) is 0 Å². The zero-order chi connectivity index (χ0) is 17.0. The van der Waals surface area contributed by atoms with Crippen LogP contribution in [0.25, 0.3) is 0 Å². The number of piperazine rings is 1. The zero-order valence-electron chi connectivity index (χ0n) is 12.5. The van der Waals surface area contributed by atoms with Crippen LogP contribution in [0, 0.1) is 0 Å². The minimum absolute atomic E-state index is 0.0713. The van der Waals surface area contributed by atoms with Crippen LogP contribution in [0.15, 0.2) is 18.2 Å². The fourth-order valence-corrected chi connectivity index (χ4v) is 2.70. The normalized spacial score (nSPS) is 17.6. The van der Waals surface area contributed by atoms with Crippen molar-refractivity contribution in [3.05, 3.63) is 33.8 Å². The lowest BCUT2D eigenvalue weighted by Crippen LogP contribution is -2.58. The van der Waals surface area contributed by atoms with Gasteiger partial charge in [-0.1, -0.05) is 29.3 Å². The van der Waals surface area contributed by atoms with Crippen LogP contribution < -0.4 is 5.32 Å². The van der Waals surface area contributed by atoms with Crippen LogP contribution in [-0.4, -0.2) is 48.9 Å². The molecular weight excluding hydrogens is 343 g/mol. The van der Waals surface area contributed by atoms with E-state index >= 15 is 0 Å². The number of hydrogen-bond donors (Lipinski definition) is 1. The highest BCUT2D eigenvalue weighted by Gasteiger charge is 2.34. The summed E-state index contributed by atoms with van der Waals surface area (Å²) in [5.41, 5.74) is 0.687. The lowest BCUT2D eigenvalue weighted by atomic mass is 10.1. The Labute approximate surface area is 143 Å². The first-order chi connectivity index (χ1) is 10.9. The molecule has 6 nitrogen and oxygen atoms in total. The van der Waals surface area contributed by atoms with Crippen LogP contribution in [0.4, 0.5) is 0 Å². The molecule has 0 spiro atoms. The average molecular weight is 359 g/mol. The molecule has 1 aliphatic heterocycles. The molecule has 0 bridgehead atoms. The standard InChI is InChI=1S/C15H16Cl2N2O4/c1-23-14(21)8-12-15(22)18-4-5-19(12)13(20)7-9-2-3-10(16)11(17)6-9/h2-3,6,12H,4-5,7-8H2,1H3,(H,18,22)/t12-/m1/s1. The Morgan fingerprint density at radius 2 is 2.09 bits per heavy atom. The molecule has 0 aliphatic carbocycles. The van der Waals surface area contributed by atoms with E-state index in [0.29, 0.717) is 28.7 Å². The number of ether oxygens (including phenoxy) is 1. The fraction of sp³-hybridized carbons (Fsp3) is 0.400. The lowest BCUT2D eigenvalue weighted by Gasteiger charge is -2.34. The third-order valence-corrected chi connectivity index (χ3v) is 4.32. The first kappa shape index (κ1) is 17.6. The highest BCUT2D eigenvalue weighted by Crippen LogP contribution is 2.23. The summed E-state index contributed by atoms with van der Waals surface area (Å²) in [6, 6.07) is 4.07. The third kappa shape index (κ3) is 4.36. The van der Waals surface area contributed by atoms with Crippen LogP contribution in [0.3, 0.4) is 0 Å². The molecule has 2 amide bonds. The van der Waals surface area contributed by atoms with Crippen molar-refractivity contribution < 1.29 is 19.1 Å². The smallest absolute Gasteiger partial charge is 0.308 e. The summed E-state index contributed by atoms with van der Waals surface area (Å²) in [6.45, 7) is 0.692. The van der Waals surface area contributed by atoms with Gasteiger partial charge in [-0.25, -0.2) is 0 Å². The van der Waals surface area contributed by atoms with E-state index in [2.05, 4.69) is 10.1 Å². The van der Waals surface area contributed by atoms with Gasteiger partial charge in [0.1, 0.15) is 6.04 Å². The molecule has 0 radical (unpaired) electrons. The first-order valence-electron chi connectivity index (χ1n) is 7.00. The predicted molar refractivity (Wildman–Crippen MR) is 85.3 cm³/mol. The molecule has 1 heterocycles. The number of halogens is 2. The summed E-state index contributed by atoms with van der Waals surface area (Å²) in [5, 5.41) is 3.41. The number of carbonyl (C=O) groups is 3. The van der Waals surface area contributed by atoms with Crippen LogP contribution in [0.5, 0.6) is 0 Å². The van der Waals surface area contributed by atoms with E-state index in [1.54, 1.807) is 18.2 Å². The van der Waals surface area contributed by atoms with Gasteiger partial charge in [0.15, 0.2) is 0 Å². The van der Waals surface area contributed by atoms with Gasteiger partial charge in [-0.05, 0) is 17.7 Å². The maximum absolute atomic E-state index is 12.5. The maximum atomic E-state index is 12.5. The van der Waals surface area contributed by atoms with Crippen molar-refractivity contribution in [2.75, 3.05) is 20.2 Å². The molecule has 1 saturated heterocycles. The summed E-state index contributed by atoms with van der Waals surface area (Å²) in [4.78, 5) is 37.3. The molecule has 8 heteroatoms. The van der Waals surface area contributed by atoms with Crippen molar-refractivity contribution in [2.45, 2.75) is 18.9 Å². The predicted octanol–water partition coefficient (Wildman–Crippen LogP) is 1.43. The van der Waals surface area contributed by atoms with Crippen molar-refractivity contribution >= 4 is 41.0 Å². The molecule has 1 fully saturated rings. The molecule has 0 unspecified atom stereocenters. The molecular formula is C15H16Cl2N2O4. The van der Waals surface area contributed by atoms with Crippen molar-refractivity contribution in [1.29, 1.82) is 0 Å². The van der Waals surface area contributed by atoms with Gasteiger partial charge in [0, 0.05) is 13.1 Å². The number of hydrogen-bond acceptors (Lipinski definition) is 4.